The molecule has 0 spiro atoms. The van der Waals surface area contributed by atoms with Gasteiger partial charge in [-0.3, -0.25) is 4.79 Å². The molecule has 0 bridgehead atoms. The molecule has 1 atom stereocenters. The highest BCUT2D eigenvalue weighted by atomic mass is 16.5. The molecule has 0 radical (unpaired) electrons. The Bertz CT molecular complexity index is 476. The van der Waals surface area contributed by atoms with Crippen LogP contribution >= 0.6 is 0 Å². The van der Waals surface area contributed by atoms with Crippen molar-refractivity contribution in [3.05, 3.63) is 35.9 Å². The minimum atomic E-state index is -0.350. The Morgan fingerprint density at radius 1 is 1.33 bits per heavy atom. The van der Waals surface area contributed by atoms with E-state index >= 15 is 0 Å². The molecule has 5 heteroatoms. The van der Waals surface area contributed by atoms with Crippen molar-refractivity contribution >= 4 is 12.0 Å². The Kier molecular flexibility index (Phi) is 5.60. The van der Waals surface area contributed by atoms with Gasteiger partial charge < -0.3 is 15.0 Å². The monoisotopic (exact) mass is 290 g/mol. The van der Waals surface area contributed by atoms with E-state index < -0.39 is 0 Å². The topological polar surface area (TPSA) is 58.6 Å². The van der Waals surface area contributed by atoms with Crippen LogP contribution in [0.5, 0.6) is 0 Å². The number of rotatable bonds is 4. The van der Waals surface area contributed by atoms with Gasteiger partial charge in [-0.2, -0.15) is 0 Å². The quantitative estimate of drug-likeness (QED) is 0.920. The van der Waals surface area contributed by atoms with Crippen LogP contribution in [0.4, 0.5) is 4.79 Å². The molecule has 2 rings (SSSR count). The number of hydrogen-bond acceptors (Lipinski definition) is 3. The highest BCUT2D eigenvalue weighted by Gasteiger charge is 2.28. The maximum Gasteiger partial charge on any atom is 0.409 e. The average molecular weight is 290 g/mol. The van der Waals surface area contributed by atoms with E-state index in [1.165, 1.54) is 12.7 Å². The van der Waals surface area contributed by atoms with E-state index in [-0.39, 0.29) is 17.9 Å². The molecule has 1 fully saturated rings. The smallest absolute Gasteiger partial charge is 0.409 e. The molecule has 1 N–H and O–H groups in total. The van der Waals surface area contributed by atoms with Crippen LogP contribution in [0, 0.1) is 5.92 Å². The molecular formula is C16H22N2O3. The molecule has 1 aromatic carbocycles. The van der Waals surface area contributed by atoms with Gasteiger partial charge in [0.25, 0.3) is 0 Å². The summed E-state index contributed by atoms with van der Waals surface area (Å²) in [5.41, 5.74) is 1.21. The summed E-state index contributed by atoms with van der Waals surface area (Å²) in [7, 11) is 1.37. The summed E-state index contributed by atoms with van der Waals surface area (Å²) in [6, 6.07) is 10.1. The van der Waals surface area contributed by atoms with Crippen LogP contribution < -0.4 is 5.32 Å². The van der Waals surface area contributed by atoms with E-state index in [0.717, 1.165) is 19.3 Å². The number of methoxy groups -OCH3 is 1. The van der Waals surface area contributed by atoms with Gasteiger partial charge in [0.15, 0.2) is 0 Å². The summed E-state index contributed by atoms with van der Waals surface area (Å²) < 4.78 is 4.71. The Morgan fingerprint density at radius 3 is 2.81 bits per heavy atom. The fraction of sp³-hybridized carbons (Fsp3) is 0.500. The van der Waals surface area contributed by atoms with Gasteiger partial charge in [-0.05, 0) is 24.8 Å². The highest BCUT2D eigenvalue weighted by molar-refractivity contribution is 5.80. The standard InChI is InChI=1S/C16H22N2O3/c1-21-16(20)18-11-5-8-14(12-18)15(19)17-10-9-13-6-3-2-4-7-13/h2-4,6-7,14H,5,8-12H2,1H3,(H,17,19). The lowest BCUT2D eigenvalue weighted by atomic mass is 9.97. The molecule has 1 aliphatic rings. The largest absolute Gasteiger partial charge is 0.453 e. The van der Waals surface area contributed by atoms with Gasteiger partial charge in [0.05, 0.1) is 13.0 Å². The lowest BCUT2D eigenvalue weighted by molar-refractivity contribution is -0.126. The number of nitrogens with zero attached hydrogens (tertiary/aromatic N) is 1. The van der Waals surface area contributed by atoms with E-state index in [4.69, 9.17) is 4.74 Å². The first-order valence-electron chi connectivity index (χ1n) is 7.35. The second-order valence-electron chi connectivity index (χ2n) is 5.28. The SMILES string of the molecule is COC(=O)N1CCCC(C(=O)NCCc2ccccc2)C1. The summed E-state index contributed by atoms with van der Waals surface area (Å²) in [4.78, 5) is 25.3. The first-order chi connectivity index (χ1) is 10.2. The Hall–Kier alpha value is -2.04. The van der Waals surface area contributed by atoms with Gasteiger partial charge in [0.1, 0.15) is 0 Å². The van der Waals surface area contributed by atoms with Gasteiger partial charge >= 0.3 is 6.09 Å². The van der Waals surface area contributed by atoms with E-state index in [1.54, 1.807) is 4.90 Å². The number of likely N-dealkylation sites (tertiary alicyclic amines) is 1. The van der Waals surface area contributed by atoms with Crippen LogP contribution in [-0.4, -0.2) is 43.6 Å². The van der Waals surface area contributed by atoms with Crippen molar-refractivity contribution in [2.75, 3.05) is 26.7 Å². The molecule has 1 unspecified atom stereocenters. The van der Waals surface area contributed by atoms with Crippen LogP contribution in [0.15, 0.2) is 30.3 Å². The number of ether oxygens (including phenoxy) is 1. The molecule has 0 saturated carbocycles. The zero-order valence-corrected chi connectivity index (χ0v) is 12.4. The first-order valence-corrected chi connectivity index (χ1v) is 7.35. The molecule has 0 aliphatic carbocycles. The van der Waals surface area contributed by atoms with E-state index in [1.807, 2.05) is 30.3 Å². The second kappa shape index (κ2) is 7.67. The minimum absolute atomic E-state index is 0.0273. The van der Waals surface area contributed by atoms with Gasteiger partial charge in [0.2, 0.25) is 5.91 Å². The molecule has 2 amide bonds. The number of carbonyl (C=O) groups excluding carboxylic acids is 2. The number of amides is 2. The molecule has 1 aromatic rings. The second-order valence-corrected chi connectivity index (χ2v) is 5.28. The van der Waals surface area contributed by atoms with E-state index in [0.29, 0.717) is 19.6 Å². The molecule has 1 saturated heterocycles. The molecule has 5 nitrogen and oxygen atoms in total. The number of carbonyl (C=O) groups is 2. The normalized spacial score (nSPS) is 18.1. The summed E-state index contributed by atoms with van der Waals surface area (Å²) in [6.45, 7) is 1.74. The number of piperidine rings is 1. The molecule has 1 heterocycles. The molecule has 0 aromatic heterocycles. The lowest BCUT2D eigenvalue weighted by Crippen LogP contribution is -2.45. The Labute approximate surface area is 125 Å². The van der Waals surface area contributed by atoms with Gasteiger partial charge in [-0.15, -0.1) is 0 Å². The van der Waals surface area contributed by atoms with Crippen molar-refractivity contribution in [3.8, 4) is 0 Å². The maximum atomic E-state index is 12.2. The Morgan fingerprint density at radius 2 is 2.10 bits per heavy atom. The summed E-state index contributed by atoms with van der Waals surface area (Å²) in [5, 5.41) is 2.96. The minimum Gasteiger partial charge on any atom is -0.453 e. The van der Waals surface area contributed by atoms with Crippen LogP contribution in [0.25, 0.3) is 0 Å². The summed E-state index contributed by atoms with van der Waals surface area (Å²) in [5.74, 6) is -0.104. The predicted molar refractivity (Wildman–Crippen MR) is 79.9 cm³/mol. The van der Waals surface area contributed by atoms with Crippen molar-refractivity contribution in [2.24, 2.45) is 5.92 Å². The zero-order chi connectivity index (χ0) is 15.1. The first kappa shape index (κ1) is 15.4. The highest BCUT2D eigenvalue weighted by Crippen LogP contribution is 2.17. The van der Waals surface area contributed by atoms with E-state index in [2.05, 4.69) is 5.32 Å². The van der Waals surface area contributed by atoms with Crippen LogP contribution in [0.1, 0.15) is 18.4 Å². The van der Waals surface area contributed by atoms with Crippen LogP contribution in [0.3, 0.4) is 0 Å². The van der Waals surface area contributed by atoms with Gasteiger partial charge in [-0.25, -0.2) is 4.79 Å². The van der Waals surface area contributed by atoms with Crippen molar-refractivity contribution in [1.82, 2.24) is 10.2 Å². The van der Waals surface area contributed by atoms with Crippen molar-refractivity contribution in [2.45, 2.75) is 19.3 Å². The van der Waals surface area contributed by atoms with Gasteiger partial charge in [-0.1, -0.05) is 30.3 Å². The molecular weight excluding hydrogens is 268 g/mol. The van der Waals surface area contributed by atoms with E-state index in [9.17, 15) is 9.59 Å². The van der Waals surface area contributed by atoms with Crippen molar-refractivity contribution < 1.29 is 14.3 Å². The third kappa shape index (κ3) is 4.48. The third-order valence-electron chi connectivity index (χ3n) is 3.78. The molecule has 21 heavy (non-hydrogen) atoms. The summed E-state index contributed by atoms with van der Waals surface area (Å²) >= 11 is 0. The van der Waals surface area contributed by atoms with Crippen molar-refractivity contribution in [3.63, 3.8) is 0 Å². The van der Waals surface area contributed by atoms with Crippen LogP contribution in [0.2, 0.25) is 0 Å². The van der Waals surface area contributed by atoms with Gasteiger partial charge in [0, 0.05) is 19.6 Å². The molecule has 114 valence electrons. The third-order valence-corrected chi connectivity index (χ3v) is 3.78. The van der Waals surface area contributed by atoms with Crippen molar-refractivity contribution in [1.29, 1.82) is 0 Å². The number of benzene rings is 1. The number of nitrogens with one attached hydrogen (secondary N) is 1. The number of hydrogen-bond donors (Lipinski definition) is 1. The molecule has 1 aliphatic heterocycles. The lowest BCUT2D eigenvalue weighted by Gasteiger charge is -2.30. The van der Waals surface area contributed by atoms with Crippen LogP contribution in [-0.2, 0) is 16.0 Å². The Balaban J connectivity index is 1.76. The summed E-state index contributed by atoms with van der Waals surface area (Å²) in [6.07, 6.45) is 2.13. The fourth-order valence-corrected chi connectivity index (χ4v) is 2.61. The average Bonchev–Trinajstić information content (AvgIpc) is 2.55. The maximum absolute atomic E-state index is 12.2. The zero-order valence-electron chi connectivity index (χ0n) is 12.4. The fourth-order valence-electron chi connectivity index (χ4n) is 2.61. The predicted octanol–water partition coefficient (Wildman–Crippen LogP) is 1.82.